The van der Waals surface area contributed by atoms with Crippen molar-refractivity contribution in [2.75, 3.05) is 12.3 Å². The highest BCUT2D eigenvalue weighted by Gasteiger charge is 2.60. The number of carboxylic acids is 1. The highest BCUT2D eigenvalue weighted by Crippen LogP contribution is 2.51. The summed E-state index contributed by atoms with van der Waals surface area (Å²) in [5, 5.41) is 43.1. The summed E-state index contributed by atoms with van der Waals surface area (Å²) < 4.78 is 73.1. The van der Waals surface area contributed by atoms with Gasteiger partial charge in [0, 0.05) is 48.1 Å². The van der Waals surface area contributed by atoms with E-state index in [4.69, 9.17) is 28.2 Å². The zero-order valence-electron chi connectivity index (χ0n) is 33.7. The summed E-state index contributed by atoms with van der Waals surface area (Å²) in [4.78, 5) is 79.4. The predicted octanol–water partition coefficient (Wildman–Crippen LogP) is 3.73. The second-order valence-electron chi connectivity index (χ2n) is 14.0. The van der Waals surface area contributed by atoms with Crippen LogP contribution in [0.3, 0.4) is 0 Å². The smallest absolute Gasteiger partial charge is 0.485 e. The SMILES string of the molecule is C[C@@H](O)[C@H]1C(=O)N2C(C(=O)O)=C(c3c[n+]4cn(C)c(SCCN(C(=O)OCc5ccc([N+](=O)[O-])cc5)C(N)=NC(=O)OCc5ccc([N+](=O)[O-])cc5)c4s3)[C@H](C)[C@H]12.O=S(=O)([O-])C(F)(F)F. The molecule has 65 heavy (non-hydrogen) atoms. The third kappa shape index (κ3) is 11.0. The van der Waals surface area contributed by atoms with Gasteiger partial charge in [-0.25, -0.2) is 32.3 Å². The van der Waals surface area contributed by atoms with Crippen LogP contribution in [-0.2, 0) is 49.4 Å². The summed E-state index contributed by atoms with van der Waals surface area (Å²) in [6.07, 6.45) is 0.482. The van der Waals surface area contributed by atoms with E-state index in [1.165, 1.54) is 83.5 Å². The molecule has 2 aliphatic heterocycles. The molecule has 4 N–H and O–H groups in total. The molecule has 2 aromatic carbocycles. The lowest BCUT2D eigenvalue weighted by Crippen LogP contribution is -2.63. The number of aliphatic carboxylic acids is 1. The second-order valence-corrected chi connectivity index (χ2v) is 17.5. The number of carboxylic acid groups (broad SMARTS) is 1. The van der Waals surface area contributed by atoms with Crippen LogP contribution in [0.25, 0.3) is 10.4 Å². The number of alkyl halides is 3. The van der Waals surface area contributed by atoms with E-state index in [0.29, 0.717) is 21.6 Å². The molecule has 29 heteroatoms. The van der Waals surface area contributed by atoms with Crippen LogP contribution >= 0.6 is 23.1 Å². The Bertz CT molecular complexity index is 2710. The number of hydrogen-bond donors (Lipinski definition) is 3. The van der Waals surface area contributed by atoms with Crippen molar-refractivity contribution in [2.24, 2.45) is 29.6 Å². The fourth-order valence-corrected chi connectivity index (χ4v) is 9.15. The number of aliphatic hydroxyl groups is 1. The van der Waals surface area contributed by atoms with Crippen LogP contribution in [0.1, 0.15) is 29.9 Å². The van der Waals surface area contributed by atoms with Crippen LogP contribution < -0.4 is 10.1 Å². The number of aliphatic hydroxyl groups excluding tert-OH is 1. The fourth-order valence-electron chi connectivity index (χ4n) is 6.69. The molecule has 6 rings (SSSR count). The monoisotopic (exact) mass is 972 g/mol. The molecule has 0 saturated carbocycles. The third-order valence-corrected chi connectivity index (χ3v) is 12.7. The van der Waals surface area contributed by atoms with Crippen molar-refractivity contribution in [1.29, 1.82) is 0 Å². The van der Waals surface area contributed by atoms with E-state index in [-0.39, 0.29) is 48.5 Å². The summed E-state index contributed by atoms with van der Waals surface area (Å²) in [5.74, 6) is -3.13. The largest absolute Gasteiger partial charge is 0.741 e. The van der Waals surface area contributed by atoms with Gasteiger partial charge < -0.3 is 34.9 Å². The van der Waals surface area contributed by atoms with Crippen LogP contribution in [0.4, 0.5) is 34.1 Å². The zero-order chi connectivity index (χ0) is 48.3. The van der Waals surface area contributed by atoms with Crippen molar-refractivity contribution in [3.8, 4) is 0 Å². The van der Waals surface area contributed by atoms with E-state index in [1.54, 1.807) is 19.6 Å². The number of imidazole rings is 1. The lowest BCUT2D eigenvalue weighted by Gasteiger charge is -2.46. The maximum absolute atomic E-state index is 13.4. The van der Waals surface area contributed by atoms with Crippen LogP contribution in [0.2, 0.25) is 0 Å². The number of aryl methyl sites for hydroxylation is 1. The average Bonchev–Trinajstić information content (AvgIpc) is 3.83. The number of β-lactam (4-membered cyclic amide) rings is 1. The van der Waals surface area contributed by atoms with E-state index >= 15 is 0 Å². The summed E-state index contributed by atoms with van der Waals surface area (Å²) in [7, 11) is -4.29. The van der Waals surface area contributed by atoms with E-state index in [0.717, 1.165) is 14.8 Å². The Hall–Kier alpha value is -6.69. The summed E-state index contributed by atoms with van der Waals surface area (Å²) in [6.45, 7) is 2.63. The molecule has 1 saturated heterocycles. The number of ether oxygens (including phenoxy) is 2. The first-order chi connectivity index (χ1) is 30.3. The number of nitrogens with two attached hydrogens (primary N) is 1. The van der Waals surface area contributed by atoms with Crippen molar-refractivity contribution in [1.82, 2.24) is 14.4 Å². The van der Waals surface area contributed by atoms with Crippen LogP contribution in [0.5, 0.6) is 0 Å². The van der Waals surface area contributed by atoms with Gasteiger partial charge in [-0.15, -0.1) is 4.99 Å². The van der Waals surface area contributed by atoms with Crippen molar-refractivity contribution < 1.29 is 79.3 Å². The average molecular weight is 973 g/mol. The van der Waals surface area contributed by atoms with Gasteiger partial charge in [-0.2, -0.15) is 17.6 Å². The molecule has 348 valence electrons. The molecule has 4 aromatic rings. The lowest BCUT2D eigenvalue weighted by molar-refractivity contribution is -0.508. The van der Waals surface area contributed by atoms with Gasteiger partial charge in [0.25, 0.3) is 11.4 Å². The van der Waals surface area contributed by atoms with Crippen LogP contribution in [-0.4, -0.2) is 107 Å². The van der Waals surface area contributed by atoms with Crippen LogP contribution in [0.15, 0.2) is 76.8 Å². The molecule has 23 nitrogen and oxygen atoms in total. The number of halogens is 3. The first kappa shape index (κ1) is 49.3. The number of nitro benzene ring substituents is 2. The van der Waals surface area contributed by atoms with Gasteiger partial charge in [-0.3, -0.25) is 25.0 Å². The number of benzene rings is 2. The molecule has 2 aromatic heterocycles. The molecule has 0 bridgehead atoms. The second kappa shape index (κ2) is 19.6. The Morgan fingerprint density at radius 2 is 1.57 bits per heavy atom. The maximum atomic E-state index is 13.4. The van der Waals surface area contributed by atoms with E-state index in [1.807, 2.05) is 15.9 Å². The highest BCUT2D eigenvalue weighted by molar-refractivity contribution is 7.99. The maximum Gasteiger partial charge on any atom is 0.485 e. The number of nitro groups is 2. The zero-order valence-corrected chi connectivity index (χ0v) is 36.1. The van der Waals surface area contributed by atoms with Gasteiger partial charge in [0.05, 0.1) is 39.8 Å². The minimum atomic E-state index is -6.09. The Labute approximate surface area is 372 Å². The van der Waals surface area contributed by atoms with Gasteiger partial charge in [-0.05, 0) is 42.3 Å². The lowest BCUT2D eigenvalue weighted by atomic mass is 9.77. The molecular weight excluding hydrogens is 938 g/mol. The van der Waals surface area contributed by atoms with E-state index < -0.39 is 73.6 Å². The standard InChI is InChI=1S/C35H34N8O12S2.CHF3O3S/c1-18-25(28(32(46)47)41-27(18)26(19(2)44)29(41)45)24-14-39-17-38(3)30(31(39)57-24)56-13-12-40(35(49)55-16-21-6-10-23(11-7-21)43(52)53)33(36)37-34(48)54-15-20-4-8-22(9-5-20)42(50)51;2-1(3,4)8(5,6)7/h4-11,14,17-19,26-27,44H,12-13,15-16H2,1-3H3,(H2-,36,37,46,47,48);(H,5,6,7)/t18-,19+,26+,27+;/m0./s1. The van der Waals surface area contributed by atoms with E-state index in [2.05, 4.69) is 4.99 Å². The quantitative estimate of drug-likeness (QED) is 0.0198. The van der Waals surface area contributed by atoms with Gasteiger partial charge in [-0.1, -0.05) is 30.0 Å². The minimum absolute atomic E-state index is 0.110. The number of guanidine groups is 1. The van der Waals surface area contributed by atoms with Gasteiger partial charge >= 0.3 is 23.7 Å². The normalized spacial score (nSPS) is 17.7. The molecule has 0 spiro atoms. The Kier molecular flexibility index (Phi) is 14.9. The number of aromatic nitrogens is 2. The molecule has 4 heterocycles. The number of nitrogens with zero attached hydrogens (tertiary/aromatic N) is 7. The fraction of sp³-hybridized carbons (Fsp3) is 0.333. The highest BCUT2D eigenvalue weighted by atomic mass is 32.2. The van der Waals surface area contributed by atoms with E-state index in [9.17, 15) is 62.8 Å². The number of aliphatic imine (C=N–C) groups is 1. The number of carbonyl (C=O) groups excluding carboxylic acids is 3. The number of thioether (sulfide) groups is 1. The number of fused-ring (bicyclic) bond motifs is 2. The topological polar surface area (TPSA) is 325 Å². The molecule has 4 atom stereocenters. The Morgan fingerprint density at radius 3 is 2.05 bits per heavy atom. The number of rotatable bonds is 13. The number of carbonyl (C=O) groups is 4. The number of non-ortho nitro benzene ring substituents is 2. The van der Waals surface area contributed by atoms with Gasteiger partial charge in [0.2, 0.25) is 28.1 Å². The molecule has 3 amide bonds. The minimum Gasteiger partial charge on any atom is -0.741 e. The molecule has 0 unspecified atom stereocenters. The molecule has 0 radical (unpaired) electrons. The third-order valence-electron chi connectivity index (χ3n) is 9.70. The summed E-state index contributed by atoms with van der Waals surface area (Å²) in [5.41, 5.74) is 1.44. The van der Waals surface area contributed by atoms with Crippen molar-refractivity contribution in [2.45, 2.75) is 49.7 Å². The summed E-state index contributed by atoms with van der Waals surface area (Å²) >= 11 is 2.62. The first-order valence-electron chi connectivity index (χ1n) is 18.4. The number of amides is 3. The summed E-state index contributed by atoms with van der Waals surface area (Å²) in [6, 6.07) is 10.1. The van der Waals surface area contributed by atoms with Gasteiger partial charge in [0.15, 0.2) is 10.1 Å². The Balaban J connectivity index is 0.000000905. The van der Waals surface area contributed by atoms with Crippen LogP contribution in [0, 0.1) is 32.1 Å². The predicted molar refractivity (Wildman–Crippen MR) is 217 cm³/mol. The number of thiazole rings is 1. The molecule has 2 aliphatic rings. The molecular formula is C36H35F3N8O15S3. The van der Waals surface area contributed by atoms with Gasteiger partial charge in [0.1, 0.15) is 25.1 Å². The first-order valence-corrected chi connectivity index (χ1v) is 21.6. The van der Waals surface area contributed by atoms with Crippen molar-refractivity contribution in [3.63, 3.8) is 0 Å². The number of hydrogen-bond acceptors (Lipinski definition) is 16. The molecule has 0 aliphatic carbocycles. The molecule has 1 fully saturated rings. The Morgan fingerprint density at radius 1 is 1.05 bits per heavy atom. The van der Waals surface area contributed by atoms with Crippen molar-refractivity contribution in [3.05, 3.63) is 103 Å². The van der Waals surface area contributed by atoms with Crippen molar-refractivity contribution >= 4 is 85.0 Å².